The Morgan fingerprint density at radius 3 is 1.55 bits per heavy atom. The number of nitrogens with one attached hydrogen (secondary N) is 3. The minimum Gasteiger partial charge on any atom is -0.478 e. The van der Waals surface area contributed by atoms with Crippen LogP contribution in [0.2, 0.25) is 0 Å². The van der Waals surface area contributed by atoms with Crippen molar-refractivity contribution in [2.24, 2.45) is 5.73 Å². The molecule has 18 heteroatoms. The molecule has 0 fully saturated rings. The number of aromatic nitrogens is 4. The van der Waals surface area contributed by atoms with Gasteiger partial charge in [0.1, 0.15) is 38.0 Å². The van der Waals surface area contributed by atoms with Crippen molar-refractivity contribution >= 4 is 78.0 Å². The van der Waals surface area contributed by atoms with E-state index >= 15 is 0 Å². The van der Waals surface area contributed by atoms with Gasteiger partial charge in [-0.25, -0.2) is 33.5 Å². The van der Waals surface area contributed by atoms with Crippen LogP contribution in [-0.4, -0.2) is 54.9 Å². The molecule has 4 aromatic heterocycles. The molecule has 0 aliphatic rings. The molecular weight excluding hydrogens is 1170 g/mol. The van der Waals surface area contributed by atoms with Gasteiger partial charge in [-0.3, -0.25) is 4.79 Å². The van der Waals surface area contributed by atoms with E-state index in [1.165, 1.54) is 30.3 Å². The van der Waals surface area contributed by atoms with Crippen LogP contribution in [0.1, 0.15) is 55.7 Å². The van der Waals surface area contributed by atoms with Crippen molar-refractivity contribution in [1.82, 2.24) is 25.3 Å². The first-order valence-electron chi connectivity index (χ1n) is 22.8. The van der Waals surface area contributed by atoms with Crippen LogP contribution in [-0.2, 0) is 25.9 Å². The Kier molecular flexibility index (Phi) is 22.4. The van der Waals surface area contributed by atoms with Gasteiger partial charge < -0.3 is 26.8 Å². The number of carboxylic acid groups (broad SMARTS) is 1. The number of halogens is 5. The van der Waals surface area contributed by atoms with Crippen LogP contribution in [0, 0.1) is 34.3 Å². The fourth-order valence-electron chi connectivity index (χ4n) is 6.87. The third-order valence-electron chi connectivity index (χ3n) is 10.3. The molecule has 0 aliphatic heterocycles. The minimum atomic E-state index is -1.10. The summed E-state index contributed by atoms with van der Waals surface area (Å²) in [5.74, 6) is -1.43. The Labute approximate surface area is 453 Å². The van der Waals surface area contributed by atoms with Crippen LogP contribution in [0.15, 0.2) is 167 Å². The van der Waals surface area contributed by atoms with Gasteiger partial charge in [-0.15, -0.1) is 0 Å². The average Bonchev–Trinajstić information content (AvgIpc) is 3.40. The summed E-state index contributed by atoms with van der Waals surface area (Å²) in [4.78, 5) is 42.5. The molecule has 1 amide bonds. The highest BCUT2D eigenvalue weighted by molar-refractivity contribution is 14.1. The first-order chi connectivity index (χ1) is 35.8. The number of amides is 1. The van der Waals surface area contributed by atoms with Crippen molar-refractivity contribution in [3.63, 3.8) is 0 Å². The van der Waals surface area contributed by atoms with Gasteiger partial charge in [0.05, 0.1) is 58.1 Å². The smallest absolute Gasteiger partial charge is 0.339 e. The summed E-state index contributed by atoms with van der Waals surface area (Å²) in [7, 11) is 0. The molecule has 0 spiro atoms. The standard InChI is InChI=1S/C27H21BrFN5O.C21H16FN3O2.C6H7BrN2.CH3I/c28-25-10-4-8-21(33-25)17-32-27(35)23-11-12-24(22-9-2-1-6-19(22)16-30)34-26(23)31-14-13-18-5-3-7-20(29)15-18;22-16-6-3-4-14(12-16)10-11-24-20-18(21(26)27)8-9-19(25-20)17-7-2-1-5-15(17)13-23;7-6-3-1-2-5(4-8)9-6;1-2/h1-12,15H,13-14,17H2,(H,31,34)(H,32,35);1-9,12H,10-11H2,(H,24,25)(H,26,27);1-3H,4,8H2;1H3/i;;;1D. The molecule has 6 N–H and O–H groups in total. The van der Waals surface area contributed by atoms with Crippen LogP contribution < -0.4 is 21.7 Å². The van der Waals surface area contributed by atoms with Crippen LogP contribution in [0.3, 0.4) is 0 Å². The lowest BCUT2D eigenvalue weighted by Gasteiger charge is -2.14. The summed E-state index contributed by atoms with van der Waals surface area (Å²) in [6.07, 6.45) is 1.05. The Bertz CT molecular complexity index is 3250. The Hall–Kier alpha value is -7.49. The van der Waals surface area contributed by atoms with E-state index in [2.05, 4.69) is 79.9 Å². The van der Waals surface area contributed by atoms with Gasteiger partial charge in [-0.1, -0.05) is 95.4 Å². The molecule has 0 saturated heterocycles. The number of rotatable bonds is 15. The minimum absolute atomic E-state index is 0.0347. The molecule has 0 saturated carbocycles. The van der Waals surface area contributed by atoms with Gasteiger partial charge in [0.15, 0.2) is 0 Å². The quantitative estimate of drug-likeness (QED) is 0.0368. The molecule has 8 rings (SSSR count). The number of carboxylic acids is 1. The molecule has 0 radical (unpaired) electrons. The molecule has 0 unspecified atom stereocenters. The van der Waals surface area contributed by atoms with Crippen LogP contribution in [0.25, 0.3) is 22.5 Å². The number of aromatic carboxylic acids is 1. The number of nitrogens with zero attached hydrogens (tertiary/aromatic N) is 6. The van der Waals surface area contributed by atoms with Crippen molar-refractivity contribution in [3.05, 3.63) is 223 Å². The highest BCUT2D eigenvalue weighted by Crippen LogP contribution is 2.27. The van der Waals surface area contributed by atoms with E-state index in [1.54, 1.807) is 72.8 Å². The maximum Gasteiger partial charge on any atom is 0.339 e. The maximum atomic E-state index is 13.5. The summed E-state index contributed by atoms with van der Waals surface area (Å²) in [5, 5.41) is 37.2. The van der Waals surface area contributed by atoms with Gasteiger partial charge in [-0.05, 0) is 146 Å². The average molecular weight is 1220 g/mol. The lowest BCUT2D eigenvalue weighted by Crippen LogP contribution is -2.25. The third kappa shape index (κ3) is 17.6. The summed E-state index contributed by atoms with van der Waals surface area (Å²) < 4.78 is 34.5. The van der Waals surface area contributed by atoms with Gasteiger partial charge in [0.25, 0.3) is 5.91 Å². The lowest BCUT2D eigenvalue weighted by atomic mass is 10.0. The van der Waals surface area contributed by atoms with E-state index in [1.807, 2.05) is 77.2 Å². The number of anilines is 2. The zero-order valence-electron chi connectivity index (χ0n) is 39.9. The van der Waals surface area contributed by atoms with E-state index in [4.69, 9.17) is 7.10 Å². The number of alkyl halides is 1. The second kappa shape index (κ2) is 29.8. The normalized spacial score (nSPS) is 10.2. The molecule has 0 bridgehead atoms. The van der Waals surface area contributed by atoms with E-state index in [0.29, 0.717) is 92.7 Å². The fourth-order valence-corrected chi connectivity index (χ4v) is 7.63. The number of benzene rings is 4. The molecule has 13 nitrogen and oxygen atoms in total. The lowest BCUT2D eigenvalue weighted by molar-refractivity contribution is 0.0697. The monoisotopic (exact) mass is 1220 g/mol. The Morgan fingerprint density at radius 2 is 1.10 bits per heavy atom. The number of carbonyl (C=O) groups excluding carboxylic acids is 1. The summed E-state index contributed by atoms with van der Waals surface area (Å²) >= 11 is 8.52. The summed E-state index contributed by atoms with van der Waals surface area (Å²) in [6, 6.07) is 48.7. The predicted octanol–water partition coefficient (Wildman–Crippen LogP) is 12.0. The molecule has 4 aromatic carbocycles. The molecule has 0 aliphatic carbocycles. The highest BCUT2D eigenvalue weighted by atomic mass is 127. The highest BCUT2D eigenvalue weighted by Gasteiger charge is 2.17. The van der Waals surface area contributed by atoms with E-state index in [9.17, 15) is 34.0 Å². The van der Waals surface area contributed by atoms with Crippen molar-refractivity contribution < 1.29 is 24.8 Å². The van der Waals surface area contributed by atoms with Crippen molar-refractivity contribution in [2.45, 2.75) is 25.9 Å². The molecule has 8 aromatic rings. The van der Waals surface area contributed by atoms with E-state index in [-0.39, 0.29) is 35.5 Å². The van der Waals surface area contributed by atoms with Crippen molar-refractivity contribution in [3.8, 4) is 34.7 Å². The molecule has 4 heterocycles. The zero-order valence-corrected chi connectivity index (χ0v) is 44.2. The van der Waals surface area contributed by atoms with Crippen LogP contribution >= 0.6 is 54.5 Å². The molecular formula is C55H47Br2F2IN10O3. The van der Waals surface area contributed by atoms with Gasteiger partial charge in [0, 0.05) is 32.1 Å². The van der Waals surface area contributed by atoms with Gasteiger partial charge >= 0.3 is 5.97 Å². The maximum absolute atomic E-state index is 13.5. The van der Waals surface area contributed by atoms with Crippen molar-refractivity contribution in [2.75, 3.05) is 28.6 Å². The summed E-state index contributed by atoms with van der Waals surface area (Å²) in [6.45, 7) is 1.58. The van der Waals surface area contributed by atoms with Crippen molar-refractivity contribution in [1.29, 1.82) is 10.5 Å². The largest absolute Gasteiger partial charge is 0.478 e. The molecule has 0 atom stereocenters. The topological polar surface area (TPSA) is 216 Å². The number of nitrogens with two attached hydrogens (primary N) is 1. The third-order valence-corrected chi connectivity index (χ3v) is 11.2. The van der Waals surface area contributed by atoms with E-state index in [0.717, 1.165) is 21.4 Å². The second-order valence-electron chi connectivity index (χ2n) is 15.2. The Morgan fingerprint density at radius 1 is 0.644 bits per heavy atom. The summed E-state index contributed by atoms with van der Waals surface area (Å²) in [5.41, 5.74) is 12.3. The Balaban J connectivity index is 0.000000229. The first-order valence-corrected chi connectivity index (χ1v) is 25.2. The van der Waals surface area contributed by atoms with Crippen LogP contribution in [0.5, 0.6) is 0 Å². The first kappa shape index (κ1) is 54.8. The molecule has 370 valence electrons. The SMILES string of the molecule is N#Cc1ccccc1-c1ccc(C(=O)NCc2cccc(Br)n2)c(NCCc2cccc(F)c2)n1.N#Cc1ccccc1-c1ccc(C(=O)O)c(NCCc2cccc(F)c2)n1.NCc1cccc(Br)n1.[2H]CI. The zero-order chi connectivity index (χ0) is 53.2. The number of nitriles is 2. The fraction of sp³-hybridized carbons (Fsp3) is 0.127. The number of hydrogen-bond acceptors (Lipinski definition) is 11. The number of carbonyl (C=O) groups is 2. The molecule has 73 heavy (non-hydrogen) atoms. The number of hydrogen-bond donors (Lipinski definition) is 5. The van der Waals surface area contributed by atoms with Gasteiger partial charge in [0.2, 0.25) is 0 Å². The van der Waals surface area contributed by atoms with Gasteiger partial charge in [-0.2, -0.15) is 10.5 Å². The predicted molar refractivity (Wildman–Crippen MR) is 296 cm³/mol. The van der Waals surface area contributed by atoms with E-state index < -0.39 is 5.97 Å². The van der Waals surface area contributed by atoms with Crippen LogP contribution in [0.4, 0.5) is 20.4 Å². The number of pyridine rings is 4. The second-order valence-corrected chi connectivity index (χ2v) is 16.8.